The molecular formula is C20H23Cl2N3O4S2. The molecule has 2 aromatic rings. The molecule has 1 unspecified atom stereocenters. The number of sulfone groups is 1. The molecule has 0 aliphatic heterocycles. The Bertz CT molecular complexity index is 1050. The van der Waals surface area contributed by atoms with Crippen molar-refractivity contribution in [2.24, 2.45) is 0 Å². The highest BCUT2D eigenvalue weighted by molar-refractivity contribution is 7.93. The fourth-order valence-corrected chi connectivity index (χ4v) is 4.49. The first-order chi connectivity index (χ1) is 14.6. The Morgan fingerprint density at radius 3 is 2.48 bits per heavy atom. The van der Waals surface area contributed by atoms with Crippen LogP contribution in [-0.2, 0) is 9.84 Å². The third-order valence-electron chi connectivity index (χ3n) is 4.22. The number of hydrogen-bond acceptors (Lipinski definition) is 6. The van der Waals surface area contributed by atoms with Gasteiger partial charge in [0, 0.05) is 23.1 Å². The number of rotatable bonds is 10. The number of carbonyl (C=O) groups excluding carboxylic acids is 2. The lowest BCUT2D eigenvalue weighted by molar-refractivity contribution is 0.0930. The molecule has 1 aromatic heterocycles. The number of aromatic nitrogens is 1. The molecule has 1 atom stereocenters. The summed E-state index contributed by atoms with van der Waals surface area (Å²) in [6.07, 6.45) is 5.34. The van der Waals surface area contributed by atoms with Gasteiger partial charge in [0.15, 0.2) is 15.5 Å². The molecule has 1 aromatic carbocycles. The summed E-state index contributed by atoms with van der Waals surface area (Å²) in [6.45, 7) is 1.99. The lowest BCUT2D eigenvalue weighted by Gasteiger charge is -2.17. The van der Waals surface area contributed by atoms with Crippen molar-refractivity contribution < 1.29 is 18.0 Å². The van der Waals surface area contributed by atoms with Gasteiger partial charge < -0.3 is 10.6 Å². The van der Waals surface area contributed by atoms with Crippen molar-refractivity contribution in [3.05, 3.63) is 56.4 Å². The van der Waals surface area contributed by atoms with Gasteiger partial charge in [-0.05, 0) is 42.9 Å². The first-order valence-corrected chi connectivity index (χ1v) is 13.0. The van der Waals surface area contributed by atoms with Crippen LogP contribution in [0.15, 0.2) is 35.1 Å². The number of hydrogen-bond donors (Lipinski definition) is 2. The van der Waals surface area contributed by atoms with Crippen LogP contribution in [0, 0.1) is 0 Å². The van der Waals surface area contributed by atoms with E-state index in [4.69, 9.17) is 23.2 Å². The van der Waals surface area contributed by atoms with Crippen LogP contribution in [0.1, 0.15) is 53.5 Å². The molecule has 168 valence electrons. The van der Waals surface area contributed by atoms with E-state index >= 15 is 0 Å². The molecule has 11 heteroatoms. The van der Waals surface area contributed by atoms with E-state index in [-0.39, 0.29) is 33.0 Å². The second-order valence-corrected chi connectivity index (χ2v) is 10.2. The molecule has 2 rings (SSSR count). The molecule has 0 bridgehead atoms. The second-order valence-electron chi connectivity index (χ2n) is 6.87. The third kappa shape index (κ3) is 7.92. The Labute approximate surface area is 195 Å². The minimum atomic E-state index is -3.17. The maximum Gasteiger partial charge on any atom is 0.273 e. The van der Waals surface area contributed by atoms with E-state index < -0.39 is 21.7 Å². The number of anilines is 1. The van der Waals surface area contributed by atoms with Gasteiger partial charge in [0.2, 0.25) is 0 Å². The number of nitrogens with one attached hydrogen (secondary N) is 2. The van der Waals surface area contributed by atoms with E-state index in [0.29, 0.717) is 12.8 Å². The molecule has 0 aliphatic carbocycles. The molecule has 1 heterocycles. The lowest BCUT2D eigenvalue weighted by atomic mass is 10.1. The average molecular weight is 504 g/mol. The Morgan fingerprint density at radius 2 is 1.87 bits per heavy atom. The van der Waals surface area contributed by atoms with E-state index in [1.165, 1.54) is 0 Å². The van der Waals surface area contributed by atoms with Gasteiger partial charge in [-0.25, -0.2) is 8.42 Å². The number of amides is 2. The van der Waals surface area contributed by atoms with E-state index in [0.717, 1.165) is 36.0 Å². The molecule has 0 saturated carbocycles. The summed E-state index contributed by atoms with van der Waals surface area (Å²) in [7, 11) is -3.17. The summed E-state index contributed by atoms with van der Waals surface area (Å²) >= 11 is 13.2. The van der Waals surface area contributed by atoms with Crippen LogP contribution >= 0.6 is 34.7 Å². The predicted octanol–water partition coefficient (Wildman–Crippen LogP) is 4.94. The molecule has 7 nitrogen and oxygen atoms in total. The number of allylic oxidation sites excluding steroid dienone is 1. The molecule has 2 amide bonds. The summed E-state index contributed by atoms with van der Waals surface area (Å²) in [4.78, 5) is 25.4. The van der Waals surface area contributed by atoms with E-state index in [9.17, 15) is 18.0 Å². The fraction of sp³-hybridized carbons (Fsp3) is 0.350. The van der Waals surface area contributed by atoms with Gasteiger partial charge >= 0.3 is 0 Å². The molecular weight excluding hydrogens is 481 g/mol. The quantitative estimate of drug-likeness (QED) is 0.477. The summed E-state index contributed by atoms with van der Waals surface area (Å²) < 4.78 is 26.5. The van der Waals surface area contributed by atoms with E-state index in [1.807, 2.05) is 6.92 Å². The number of halogens is 2. The SMILES string of the molecule is CCCC(CC/C=C/S(C)(=O)=O)NC(=O)c1nscc1NC(=O)c1c(Cl)cccc1Cl. The number of nitrogens with zero attached hydrogens (tertiary/aromatic N) is 1. The maximum absolute atomic E-state index is 12.8. The van der Waals surface area contributed by atoms with Crippen LogP contribution in [0.5, 0.6) is 0 Å². The van der Waals surface area contributed by atoms with Gasteiger partial charge in [0.1, 0.15) is 0 Å². The molecule has 0 fully saturated rings. The lowest BCUT2D eigenvalue weighted by Crippen LogP contribution is -2.35. The smallest absolute Gasteiger partial charge is 0.273 e. The fourth-order valence-electron chi connectivity index (χ4n) is 2.82. The molecule has 2 N–H and O–H groups in total. The van der Waals surface area contributed by atoms with Crippen molar-refractivity contribution in [3.63, 3.8) is 0 Å². The largest absolute Gasteiger partial charge is 0.348 e. The highest BCUT2D eigenvalue weighted by atomic mass is 35.5. The monoisotopic (exact) mass is 503 g/mol. The van der Waals surface area contributed by atoms with Crippen molar-refractivity contribution in [1.82, 2.24) is 9.69 Å². The standard InChI is InChI=1S/C20H23Cl2N3O4S2/c1-3-7-13(8-4-5-11-31(2,28)29)23-20(27)18-16(12-30-25-18)24-19(26)17-14(21)9-6-10-15(17)22/h5-6,9-13H,3-4,7-8H2,1-2H3,(H,23,27)(H,24,26)/b11-5+. The van der Waals surface area contributed by atoms with Crippen molar-refractivity contribution in [3.8, 4) is 0 Å². The number of benzene rings is 1. The van der Waals surface area contributed by atoms with E-state index in [2.05, 4.69) is 15.0 Å². The maximum atomic E-state index is 12.8. The molecule has 0 saturated heterocycles. The zero-order valence-corrected chi connectivity index (χ0v) is 20.2. The Hall–Kier alpha value is -1.94. The highest BCUT2D eigenvalue weighted by Crippen LogP contribution is 2.26. The average Bonchev–Trinajstić information content (AvgIpc) is 3.12. The van der Waals surface area contributed by atoms with Crippen molar-refractivity contribution in [2.45, 2.75) is 38.6 Å². The zero-order chi connectivity index (χ0) is 23.0. The van der Waals surface area contributed by atoms with Crippen molar-refractivity contribution in [2.75, 3.05) is 11.6 Å². The van der Waals surface area contributed by atoms with Crippen molar-refractivity contribution in [1.29, 1.82) is 0 Å². The molecule has 31 heavy (non-hydrogen) atoms. The number of carbonyl (C=O) groups is 2. The van der Waals surface area contributed by atoms with Crippen LogP contribution in [0.3, 0.4) is 0 Å². The Balaban J connectivity index is 2.08. The minimum Gasteiger partial charge on any atom is -0.348 e. The normalized spacial score (nSPS) is 12.6. The van der Waals surface area contributed by atoms with Gasteiger partial charge in [0.25, 0.3) is 11.8 Å². The zero-order valence-electron chi connectivity index (χ0n) is 17.0. The van der Waals surface area contributed by atoms with Gasteiger partial charge in [-0.3, -0.25) is 9.59 Å². The van der Waals surface area contributed by atoms with Crippen LogP contribution in [0.4, 0.5) is 5.69 Å². The topological polar surface area (TPSA) is 105 Å². The molecule has 0 spiro atoms. The highest BCUT2D eigenvalue weighted by Gasteiger charge is 2.22. The van der Waals surface area contributed by atoms with Gasteiger partial charge in [-0.15, -0.1) is 0 Å². The first-order valence-electron chi connectivity index (χ1n) is 9.49. The van der Waals surface area contributed by atoms with Gasteiger partial charge in [-0.1, -0.05) is 48.7 Å². The summed E-state index contributed by atoms with van der Waals surface area (Å²) in [6, 6.07) is 4.57. The summed E-state index contributed by atoms with van der Waals surface area (Å²) in [5, 5.41) is 8.67. The predicted molar refractivity (Wildman–Crippen MR) is 126 cm³/mol. The van der Waals surface area contributed by atoms with Crippen LogP contribution in [-0.4, -0.2) is 36.9 Å². The second kappa shape index (κ2) is 11.6. The minimum absolute atomic E-state index is 0.0920. The van der Waals surface area contributed by atoms with Crippen molar-refractivity contribution >= 4 is 62.1 Å². The molecule has 0 radical (unpaired) electrons. The van der Waals surface area contributed by atoms with Crippen LogP contribution < -0.4 is 10.6 Å². The summed E-state index contributed by atoms with van der Waals surface area (Å²) in [5.74, 6) is -0.965. The Kier molecular flexibility index (Phi) is 9.49. The van der Waals surface area contributed by atoms with Gasteiger partial charge in [-0.2, -0.15) is 4.37 Å². The van der Waals surface area contributed by atoms with Crippen LogP contribution in [0.2, 0.25) is 10.0 Å². The third-order valence-corrected chi connectivity index (χ3v) is 6.17. The van der Waals surface area contributed by atoms with Gasteiger partial charge in [0.05, 0.1) is 21.3 Å². The summed E-state index contributed by atoms with van der Waals surface area (Å²) in [5.41, 5.74) is 0.468. The van der Waals surface area contributed by atoms with E-state index in [1.54, 1.807) is 29.7 Å². The first kappa shape index (κ1) is 25.3. The molecule has 0 aliphatic rings. The Morgan fingerprint density at radius 1 is 1.19 bits per heavy atom. The van der Waals surface area contributed by atoms with Crippen LogP contribution in [0.25, 0.3) is 0 Å².